The van der Waals surface area contributed by atoms with Gasteiger partial charge < -0.3 is 20.3 Å². The van der Waals surface area contributed by atoms with Gasteiger partial charge in [0.15, 0.2) is 0 Å². The molecule has 2 atom stereocenters. The van der Waals surface area contributed by atoms with Gasteiger partial charge in [-0.15, -0.1) is 0 Å². The number of amides is 1. The highest BCUT2D eigenvalue weighted by Crippen LogP contribution is 2.21. The molecule has 0 radical (unpaired) electrons. The molecule has 2 unspecified atom stereocenters. The molecule has 1 amide bonds. The number of esters is 1. The van der Waals surface area contributed by atoms with E-state index in [9.17, 15) is 19.8 Å². The quantitative estimate of drug-likeness (QED) is 0.0417. The van der Waals surface area contributed by atoms with Crippen LogP contribution in [0.3, 0.4) is 0 Å². The third kappa shape index (κ3) is 70.0. The summed E-state index contributed by atoms with van der Waals surface area (Å²) in [4.78, 5) is 24.6. The zero-order valence-corrected chi connectivity index (χ0v) is 57.7. The Morgan fingerprint density at radius 3 is 0.726 bits per heavy atom. The van der Waals surface area contributed by atoms with E-state index in [2.05, 4.69) is 19.2 Å². The Morgan fingerprint density at radius 1 is 0.286 bits per heavy atom. The number of hydrogen-bond acceptors (Lipinski definition) is 5. The number of carbonyl (C=O) groups is 2. The van der Waals surface area contributed by atoms with Crippen molar-refractivity contribution in [1.82, 2.24) is 5.32 Å². The molecule has 0 aliphatic rings. The monoisotopic (exact) mass is 1190 g/mol. The molecule has 6 heteroatoms. The average Bonchev–Trinajstić information content (AvgIpc) is 3.51. The molecule has 0 bridgehead atoms. The molecule has 0 aliphatic carbocycles. The van der Waals surface area contributed by atoms with Gasteiger partial charge in [0, 0.05) is 12.8 Å². The summed E-state index contributed by atoms with van der Waals surface area (Å²) in [5, 5.41) is 23.5. The molecule has 84 heavy (non-hydrogen) atoms. The van der Waals surface area contributed by atoms with Gasteiger partial charge in [0.25, 0.3) is 0 Å². The van der Waals surface area contributed by atoms with Crippen LogP contribution in [0, 0.1) is 0 Å². The molecule has 0 aromatic heterocycles. The number of aliphatic hydroxyl groups is 2. The predicted molar refractivity (Wildman–Crippen MR) is 371 cm³/mol. The maximum absolute atomic E-state index is 12.6. The molecule has 0 aromatic carbocycles. The molecule has 0 saturated heterocycles. The lowest BCUT2D eigenvalue weighted by Gasteiger charge is -2.22. The van der Waals surface area contributed by atoms with Crippen molar-refractivity contribution in [3.8, 4) is 0 Å². The van der Waals surface area contributed by atoms with Crippen LogP contribution in [0.4, 0.5) is 0 Å². The van der Waals surface area contributed by atoms with Crippen molar-refractivity contribution >= 4 is 11.9 Å². The van der Waals surface area contributed by atoms with Gasteiger partial charge in [0.2, 0.25) is 5.91 Å². The summed E-state index contributed by atoms with van der Waals surface area (Å²) in [6, 6.07) is -0.539. The smallest absolute Gasteiger partial charge is 0.305 e. The van der Waals surface area contributed by atoms with Gasteiger partial charge in [-0.1, -0.05) is 425 Å². The lowest BCUT2D eigenvalue weighted by Crippen LogP contribution is -2.45. The van der Waals surface area contributed by atoms with Crippen molar-refractivity contribution in [3.05, 3.63) is 0 Å². The first kappa shape index (κ1) is 82.9. The van der Waals surface area contributed by atoms with Gasteiger partial charge in [-0.25, -0.2) is 0 Å². The number of nitrogens with one attached hydrogen (secondary N) is 1. The zero-order chi connectivity index (χ0) is 60.6. The van der Waals surface area contributed by atoms with Gasteiger partial charge in [-0.05, 0) is 25.7 Å². The third-order valence-corrected chi connectivity index (χ3v) is 18.9. The van der Waals surface area contributed by atoms with E-state index >= 15 is 0 Å². The van der Waals surface area contributed by atoms with Crippen LogP contribution in [0.5, 0.6) is 0 Å². The fourth-order valence-corrected chi connectivity index (χ4v) is 12.9. The third-order valence-electron chi connectivity index (χ3n) is 18.9. The summed E-state index contributed by atoms with van der Waals surface area (Å²) in [5.74, 6) is -0.00211. The Bertz CT molecular complexity index is 1230. The van der Waals surface area contributed by atoms with Crippen LogP contribution < -0.4 is 5.32 Å². The van der Waals surface area contributed by atoms with E-state index in [0.717, 1.165) is 38.5 Å². The average molecular weight is 1190 g/mol. The Labute approximate surface area is 527 Å². The molecule has 0 rings (SSSR count). The number of carbonyl (C=O) groups excluding carboxylic acids is 2. The summed E-state index contributed by atoms with van der Waals surface area (Å²) in [6.07, 6.45) is 91.9. The van der Waals surface area contributed by atoms with Gasteiger partial charge >= 0.3 is 5.97 Å². The number of unbranched alkanes of at least 4 members (excludes halogenated alkanes) is 64. The lowest BCUT2D eigenvalue weighted by atomic mass is 10.0. The molecular formula is C78H155NO5. The van der Waals surface area contributed by atoms with Crippen LogP contribution in [-0.2, 0) is 14.3 Å². The Hall–Kier alpha value is -1.14. The standard InChI is InChI=1S/C78H155NO5/c1-3-5-7-9-11-13-15-17-18-19-20-21-22-28-31-34-37-40-43-47-50-54-58-62-66-70-76(81)75(74-80)79-77(82)71-67-63-59-55-51-48-44-41-38-35-32-29-26-24-23-25-27-30-33-36-39-42-45-49-53-57-61-65-69-73-84-78(83)72-68-64-60-56-52-46-16-14-12-10-8-6-4-2/h75-76,80-81H,3-74H2,1-2H3,(H,79,82). The van der Waals surface area contributed by atoms with Crippen LogP contribution in [-0.4, -0.2) is 47.4 Å². The van der Waals surface area contributed by atoms with Crippen LogP contribution in [0.15, 0.2) is 0 Å². The molecule has 0 saturated carbocycles. The molecule has 3 N–H and O–H groups in total. The summed E-state index contributed by atoms with van der Waals surface area (Å²) in [7, 11) is 0. The van der Waals surface area contributed by atoms with Crippen molar-refractivity contribution in [2.24, 2.45) is 0 Å². The van der Waals surface area contributed by atoms with Crippen molar-refractivity contribution in [3.63, 3.8) is 0 Å². The minimum Gasteiger partial charge on any atom is -0.466 e. The highest BCUT2D eigenvalue weighted by molar-refractivity contribution is 5.76. The number of hydrogen-bond donors (Lipinski definition) is 3. The number of ether oxygens (including phenoxy) is 1. The van der Waals surface area contributed by atoms with E-state index in [1.807, 2.05) is 0 Å². The van der Waals surface area contributed by atoms with Crippen LogP contribution in [0.2, 0.25) is 0 Å². The minimum atomic E-state index is -0.662. The molecular weight excluding hydrogens is 1030 g/mol. The maximum Gasteiger partial charge on any atom is 0.305 e. The highest BCUT2D eigenvalue weighted by atomic mass is 16.5. The van der Waals surface area contributed by atoms with E-state index in [4.69, 9.17) is 4.74 Å². The summed E-state index contributed by atoms with van der Waals surface area (Å²) in [6.45, 7) is 5.02. The van der Waals surface area contributed by atoms with Crippen molar-refractivity contribution in [1.29, 1.82) is 0 Å². The van der Waals surface area contributed by atoms with E-state index < -0.39 is 12.1 Å². The maximum atomic E-state index is 12.6. The van der Waals surface area contributed by atoms with Gasteiger partial charge in [0.1, 0.15) is 0 Å². The van der Waals surface area contributed by atoms with E-state index in [1.165, 1.54) is 392 Å². The first-order chi connectivity index (χ1) is 41.5. The van der Waals surface area contributed by atoms with Crippen LogP contribution in [0.25, 0.3) is 0 Å². The van der Waals surface area contributed by atoms with Crippen LogP contribution in [0.1, 0.15) is 463 Å². The first-order valence-electron chi connectivity index (χ1n) is 39.3. The topological polar surface area (TPSA) is 95.9 Å². The fraction of sp³-hybridized carbons (Fsp3) is 0.974. The van der Waals surface area contributed by atoms with Gasteiger partial charge in [0.05, 0.1) is 25.4 Å². The predicted octanol–water partition coefficient (Wildman–Crippen LogP) is 25.7. The molecule has 6 nitrogen and oxygen atoms in total. The Morgan fingerprint density at radius 2 is 0.488 bits per heavy atom. The summed E-state index contributed by atoms with van der Waals surface area (Å²) >= 11 is 0. The largest absolute Gasteiger partial charge is 0.466 e. The second kappa shape index (κ2) is 74.3. The summed E-state index contributed by atoms with van der Waals surface area (Å²) < 4.78 is 5.50. The first-order valence-corrected chi connectivity index (χ1v) is 39.3. The van der Waals surface area contributed by atoms with E-state index in [1.54, 1.807) is 0 Å². The number of aliphatic hydroxyl groups excluding tert-OH is 2. The van der Waals surface area contributed by atoms with E-state index in [0.29, 0.717) is 25.9 Å². The normalized spacial score (nSPS) is 12.4. The minimum absolute atomic E-state index is 0.0226. The van der Waals surface area contributed by atoms with Gasteiger partial charge in [-0.3, -0.25) is 9.59 Å². The van der Waals surface area contributed by atoms with Crippen molar-refractivity contribution in [2.75, 3.05) is 13.2 Å². The molecule has 0 fully saturated rings. The van der Waals surface area contributed by atoms with Crippen molar-refractivity contribution < 1.29 is 24.5 Å². The fourth-order valence-electron chi connectivity index (χ4n) is 12.9. The molecule has 0 aliphatic heterocycles. The van der Waals surface area contributed by atoms with Gasteiger partial charge in [-0.2, -0.15) is 0 Å². The molecule has 0 aromatic rings. The second-order valence-electron chi connectivity index (χ2n) is 27.4. The van der Waals surface area contributed by atoms with E-state index in [-0.39, 0.29) is 18.5 Å². The Kier molecular flexibility index (Phi) is 73.3. The molecule has 0 spiro atoms. The SMILES string of the molecule is CCCCCCCCCCCCCCCCCCCCCCCCCCCC(O)C(CO)NC(=O)CCCCCCCCCCCCCCCCCCCCCCCCCCCCCCCOC(=O)CCCCCCCCCCCCCCC. The van der Waals surface area contributed by atoms with Crippen molar-refractivity contribution in [2.45, 2.75) is 475 Å². The second-order valence-corrected chi connectivity index (χ2v) is 27.4. The number of rotatable bonds is 75. The summed E-state index contributed by atoms with van der Waals surface area (Å²) in [5.41, 5.74) is 0. The highest BCUT2D eigenvalue weighted by Gasteiger charge is 2.20. The lowest BCUT2D eigenvalue weighted by molar-refractivity contribution is -0.143. The molecule has 0 heterocycles. The Balaban J connectivity index is 3.33. The zero-order valence-electron chi connectivity index (χ0n) is 57.7. The van der Waals surface area contributed by atoms with Crippen LogP contribution >= 0.6 is 0 Å². The molecule has 502 valence electrons.